The molecule has 0 atom stereocenters. The molecule has 1 radical (unpaired) electrons. The molecule has 0 aliphatic rings. The highest BCUT2D eigenvalue weighted by molar-refractivity contribution is 5.35. The maximum Gasteiger partial charge on any atom is 0.119 e. The van der Waals surface area contributed by atoms with E-state index in [4.69, 9.17) is 4.74 Å². The molecule has 0 N–H and O–H groups in total. The molecule has 0 heterocycles. The molecular weight excluding hydrogens is 208 g/mol. The van der Waals surface area contributed by atoms with Gasteiger partial charge < -0.3 is 4.74 Å². The molecule has 1 nitrogen and oxygen atoms in total. The quantitative estimate of drug-likeness (QED) is 0.769. The van der Waals surface area contributed by atoms with Gasteiger partial charge in [0.2, 0.25) is 0 Å². The fourth-order valence-electron chi connectivity index (χ4n) is 1.84. The Morgan fingerprint density at radius 2 is 1.88 bits per heavy atom. The third-order valence-corrected chi connectivity index (χ3v) is 2.91. The molecule has 0 fully saturated rings. The summed E-state index contributed by atoms with van der Waals surface area (Å²) in [5.74, 6) is 0.906. The molecule has 17 heavy (non-hydrogen) atoms. The van der Waals surface area contributed by atoms with Gasteiger partial charge in [0.25, 0.3) is 0 Å². The Hall–Kier alpha value is -1.76. The van der Waals surface area contributed by atoms with E-state index in [9.17, 15) is 0 Å². The molecule has 2 aromatic carbocycles. The molecule has 0 aliphatic heterocycles. The van der Waals surface area contributed by atoms with Crippen molar-refractivity contribution >= 4 is 0 Å². The van der Waals surface area contributed by atoms with Crippen LogP contribution in [0.25, 0.3) is 0 Å². The van der Waals surface area contributed by atoms with Gasteiger partial charge in [0.15, 0.2) is 0 Å². The zero-order valence-electron chi connectivity index (χ0n) is 10.3. The van der Waals surface area contributed by atoms with Gasteiger partial charge in [0.05, 0.1) is 7.11 Å². The SMILES string of the molecule is COc1cccc([CH]Cc2ccccc2C)c1. The Labute approximate surface area is 103 Å². The highest BCUT2D eigenvalue weighted by Gasteiger charge is 2.00. The summed E-state index contributed by atoms with van der Waals surface area (Å²) in [6.07, 6.45) is 3.19. The van der Waals surface area contributed by atoms with Crippen LogP contribution in [0.5, 0.6) is 5.75 Å². The van der Waals surface area contributed by atoms with Crippen molar-refractivity contribution in [3.05, 3.63) is 71.6 Å². The van der Waals surface area contributed by atoms with Crippen molar-refractivity contribution in [2.45, 2.75) is 13.3 Å². The molecule has 0 saturated heterocycles. The molecule has 0 amide bonds. The van der Waals surface area contributed by atoms with Crippen molar-refractivity contribution in [3.63, 3.8) is 0 Å². The Balaban J connectivity index is 2.05. The van der Waals surface area contributed by atoms with E-state index in [1.165, 1.54) is 16.7 Å². The van der Waals surface area contributed by atoms with Gasteiger partial charge in [-0.05, 0) is 48.6 Å². The van der Waals surface area contributed by atoms with Crippen LogP contribution >= 0.6 is 0 Å². The Bertz CT molecular complexity index is 488. The van der Waals surface area contributed by atoms with Gasteiger partial charge in [-0.15, -0.1) is 0 Å². The molecule has 2 rings (SSSR count). The van der Waals surface area contributed by atoms with Crippen molar-refractivity contribution in [1.29, 1.82) is 0 Å². The normalized spacial score (nSPS) is 10.2. The average molecular weight is 225 g/mol. The van der Waals surface area contributed by atoms with Gasteiger partial charge in [0.1, 0.15) is 5.75 Å². The van der Waals surface area contributed by atoms with E-state index >= 15 is 0 Å². The molecule has 0 unspecified atom stereocenters. The number of hydrogen-bond acceptors (Lipinski definition) is 1. The third kappa shape index (κ3) is 3.10. The lowest BCUT2D eigenvalue weighted by atomic mass is 10.0. The zero-order valence-corrected chi connectivity index (χ0v) is 10.3. The lowest BCUT2D eigenvalue weighted by Crippen LogP contribution is -1.92. The molecule has 0 saturated carbocycles. The van der Waals surface area contributed by atoms with Crippen LogP contribution in [-0.2, 0) is 6.42 Å². The van der Waals surface area contributed by atoms with Crippen LogP contribution in [0.2, 0.25) is 0 Å². The summed E-state index contributed by atoms with van der Waals surface area (Å²) in [6, 6.07) is 16.6. The maximum absolute atomic E-state index is 5.21. The number of rotatable bonds is 4. The molecule has 1 heteroatoms. The van der Waals surface area contributed by atoms with E-state index in [0.29, 0.717) is 0 Å². The van der Waals surface area contributed by atoms with Crippen LogP contribution in [0.3, 0.4) is 0 Å². The predicted octanol–water partition coefficient (Wildman–Crippen LogP) is 3.80. The lowest BCUT2D eigenvalue weighted by molar-refractivity contribution is 0.414. The first-order valence-corrected chi connectivity index (χ1v) is 5.81. The monoisotopic (exact) mass is 225 g/mol. The Morgan fingerprint density at radius 3 is 2.65 bits per heavy atom. The number of benzene rings is 2. The van der Waals surface area contributed by atoms with Crippen molar-refractivity contribution < 1.29 is 4.74 Å². The van der Waals surface area contributed by atoms with Crippen molar-refractivity contribution in [3.8, 4) is 5.75 Å². The smallest absolute Gasteiger partial charge is 0.119 e. The summed E-state index contributed by atoms with van der Waals surface area (Å²) < 4.78 is 5.21. The van der Waals surface area contributed by atoms with E-state index in [2.05, 4.69) is 49.7 Å². The molecule has 0 aliphatic carbocycles. The van der Waals surface area contributed by atoms with Gasteiger partial charge in [-0.2, -0.15) is 0 Å². The second kappa shape index (κ2) is 5.53. The predicted molar refractivity (Wildman–Crippen MR) is 71.3 cm³/mol. The minimum Gasteiger partial charge on any atom is -0.497 e. The van der Waals surface area contributed by atoms with Crippen molar-refractivity contribution in [2.24, 2.45) is 0 Å². The molecular formula is C16H17O. The summed E-state index contributed by atoms with van der Waals surface area (Å²) in [5, 5.41) is 0. The summed E-state index contributed by atoms with van der Waals surface area (Å²) in [5.41, 5.74) is 3.91. The molecule has 0 aromatic heterocycles. The summed E-state index contributed by atoms with van der Waals surface area (Å²) in [6.45, 7) is 2.15. The second-order valence-corrected chi connectivity index (χ2v) is 4.11. The first-order valence-electron chi connectivity index (χ1n) is 5.81. The van der Waals surface area contributed by atoms with Crippen LogP contribution in [0.1, 0.15) is 16.7 Å². The van der Waals surface area contributed by atoms with Crippen LogP contribution in [-0.4, -0.2) is 7.11 Å². The minimum atomic E-state index is 0.906. The van der Waals surface area contributed by atoms with Crippen LogP contribution in [0, 0.1) is 13.3 Å². The van der Waals surface area contributed by atoms with Crippen molar-refractivity contribution in [1.82, 2.24) is 0 Å². The zero-order chi connectivity index (χ0) is 12.1. The van der Waals surface area contributed by atoms with Gasteiger partial charge in [-0.25, -0.2) is 0 Å². The Kier molecular flexibility index (Phi) is 3.81. The third-order valence-electron chi connectivity index (χ3n) is 2.91. The van der Waals surface area contributed by atoms with E-state index in [1.807, 2.05) is 12.1 Å². The van der Waals surface area contributed by atoms with E-state index in [0.717, 1.165) is 12.2 Å². The highest BCUT2D eigenvalue weighted by atomic mass is 16.5. The molecule has 0 spiro atoms. The fourth-order valence-corrected chi connectivity index (χ4v) is 1.84. The maximum atomic E-state index is 5.21. The Morgan fingerprint density at radius 1 is 1.06 bits per heavy atom. The van der Waals surface area contributed by atoms with Crippen LogP contribution < -0.4 is 4.74 Å². The first kappa shape index (κ1) is 11.7. The van der Waals surface area contributed by atoms with E-state index in [1.54, 1.807) is 7.11 Å². The number of methoxy groups -OCH3 is 1. The summed E-state index contributed by atoms with van der Waals surface area (Å²) in [4.78, 5) is 0. The summed E-state index contributed by atoms with van der Waals surface area (Å²) in [7, 11) is 1.69. The minimum absolute atomic E-state index is 0.906. The largest absolute Gasteiger partial charge is 0.497 e. The van der Waals surface area contributed by atoms with Crippen LogP contribution in [0.4, 0.5) is 0 Å². The lowest BCUT2D eigenvalue weighted by Gasteiger charge is -2.06. The molecule has 2 aromatic rings. The number of hydrogen-bond donors (Lipinski definition) is 0. The van der Waals surface area contributed by atoms with E-state index in [-0.39, 0.29) is 0 Å². The van der Waals surface area contributed by atoms with Crippen LogP contribution in [0.15, 0.2) is 48.5 Å². The first-order chi connectivity index (χ1) is 8.29. The van der Waals surface area contributed by atoms with E-state index < -0.39 is 0 Å². The standard InChI is InChI=1S/C16H17O/c1-13-6-3-4-8-15(13)11-10-14-7-5-9-16(12-14)17-2/h3-10,12H,11H2,1-2H3. The van der Waals surface area contributed by atoms with Crippen molar-refractivity contribution in [2.75, 3.05) is 7.11 Å². The number of ether oxygens (including phenoxy) is 1. The van der Waals surface area contributed by atoms with Gasteiger partial charge in [-0.3, -0.25) is 0 Å². The van der Waals surface area contributed by atoms with Gasteiger partial charge in [0, 0.05) is 0 Å². The van der Waals surface area contributed by atoms with Gasteiger partial charge >= 0.3 is 0 Å². The topological polar surface area (TPSA) is 9.23 Å². The molecule has 0 bridgehead atoms. The molecule has 87 valence electrons. The number of aryl methyl sites for hydroxylation is 1. The highest BCUT2D eigenvalue weighted by Crippen LogP contribution is 2.17. The van der Waals surface area contributed by atoms with Gasteiger partial charge in [-0.1, -0.05) is 36.4 Å². The fraction of sp³-hybridized carbons (Fsp3) is 0.188. The second-order valence-electron chi connectivity index (χ2n) is 4.11. The average Bonchev–Trinajstić information content (AvgIpc) is 2.38. The summed E-state index contributed by atoms with van der Waals surface area (Å²) >= 11 is 0.